The lowest BCUT2D eigenvalue weighted by molar-refractivity contribution is -0.113. The van der Waals surface area contributed by atoms with E-state index in [9.17, 15) is 4.79 Å². The molecule has 0 fully saturated rings. The van der Waals surface area contributed by atoms with E-state index in [2.05, 4.69) is 55.0 Å². The molecule has 3 rings (SSSR count). The Hall–Kier alpha value is -3.06. The maximum absolute atomic E-state index is 12.5. The van der Waals surface area contributed by atoms with Crippen molar-refractivity contribution in [1.29, 1.82) is 0 Å². The number of hydrogen-bond acceptors (Lipinski definition) is 5. The lowest BCUT2D eigenvalue weighted by Gasteiger charge is -2.16. The average Bonchev–Trinajstić information content (AvgIpc) is 3.21. The number of aromatic nitrogens is 3. The molecule has 0 saturated carbocycles. The van der Waals surface area contributed by atoms with Crippen LogP contribution in [0, 0.1) is 0 Å². The predicted molar refractivity (Wildman–Crippen MR) is 135 cm³/mol. The van der Waals surface area contributed by atoms with Gasteiger partial charge >= 0.3 is 0 Å². The lowest BCUT2D eigenvalue weighted by atomic mass is 10.0. The number of hydrogen-bond donors (Lipinski definition) is 1. The van der Waals surface area contributed by atoms with Crippen LogP contribution in [0.15, 0.2) is 66.3 Å². The number of nitrogens with zero attached hydrogens (tertiary/aromatic N) is 3. The zero-order valence-electron chi connectivity index (χ0n) is 19.7. The molecular weight excluding hydrogens is 432 g/mol. The van der Waals surface area contributed by atoms with Gasteiger partial charge in [0.1, 0.15) is 5.75 Å². The SMILES string of the molecule is C=CCn1c(SCC(=O)Nc2ccc(C(C)C)cc2)nnc1C(C)Oc1ccc(CC)cc1. The van der Waals surface area contributed by atoms with Crippen LogP contribution in [0.5, 0.6) is 5.75 Å². The molecule has 33 heavy (non-hydrogen) atoms. The number of ether oxygens (including phenoxy) is 1. The van der Waals surface area contributed by atoms with Gasteiger partial charge in [0.05, 0.1) is 5.75 Å². The second-order valence-corrected chi connectivity index (χ2v) is 9.05. The van der Waals surface area contributed by atoms with Gasteiger partial charge in [0.25, 0.3) is 0 Å². The first-order chi connectivity index (χ1) is 15.9. The van der Waals surface area contributed by atoms with Crippen LogP contribution in [0.25, 0.3) is 0 Å². The topological polar surface area (TPSA) is 69.0 Å². The molecule has 6 nitrogen and oxygen atoms in total. The molecule has 7 heteroatoms. The fourth-order valence-electron chi connectivity index (χ4n) is 3.35. The third kappa shape index (κ3) is 6.71. The molecule has 0 bridgehead atoms. The molecule has 3 aromatic rings. The van der Waals surface area contributed by atoms with Crippen molar-refractivity contribution in [2.24, 2.45) is 0 Å². The van der Waals surface area contributed by atoms with Gasteiger partial charge in [0, 0.05) is 12.2 Å². The molecule has 174 valence electrons. The summed E-state index contributed by atoms with van der Waals surface area (Å²) in [5, 5.41) is 12.2. The molecule has 1 aromatic heterocycles. The van der Waals surface area contributed by atoms with Crippen molar-refractivity contribution in [2.75, 3.05) is 11.1 Å². The van der Waals surface area contributed by atoms with Crippen LogP contribution < -0.4 is 10.1 Å². The molecule has 0 aliphatic rings. The van der Waals surface area contributed by atoms with Crippen molar-refractivity contribution in [3.05, 3.63) is 78.1 Å². The summed E-state index contributed by atoms with van der Waals surface area (Å²) >= 11 is 1.35. The van der Waals surface area contributed by atoms with Gasteiger partial charge in [-0.3, -0.25) is 9.36 Å². The zero-order chi connectivity index (χ0) is 23.8. The molecule has 0 saturated heterocycles. The van der Waals surface area contributed by atoms with Gasteiger partial charge in [0.15, 0.2) is 17.1 Å². The van der Waals surface area contributed by atoms with Crippen LogP contribution in [0.2, 0.25) is 0 Å². The summed E-state index contributed by atoms with van der Waals surface area (Å²) in [6, 6.07) is 16.0. The third-order valence-electron chi connectivity index (χ3n) is 5.26. The fraction of sp³-hybridized carbons (Fsp3) is 0.346. The number of anilines is 1. The maximum Gasteiger partial charge on any atom is 0.234 e. The Bertz CT molecular complexity index is 1060. The Morgan fingerprint density at radius 1 is 1.12 bits per heavy atom. The van der Waals surface area contributed by atoms with Gasteiger partial charge in [-0.25, -0.2) is 0 Å². The Morgan fingerprint density at radius 2 is 1.82 bits per heavy atom. The second-order valence-electron chi connectivity index (χ2n) is 8.11. The lowest BCUT2D eigenvalue weighted by Crippen LogP contribution is -2.15. The normalized spacial score (nSPS) is 11.9. The molecule has 0 spiro atoms. The van der Waals surface area contributed by atoms with Crippen molar-refractivity contribution < 1.29 is 9.53 Å². The third-order valence-corrected chi connectivity index (χ3v) is 6.23. The van der Waals surface area contributed by atoms with Crippen molar-refractivity contribution in [2.45, 2.75) is 57.8 Å². The van der Waals surface area contributed by atoms with Crippen molar-refractivity contribution in [1.82, 2.24) is 14.8 Å². The van der Waals surface area contributed by atoms with Gasteiger partial charge in [0.2, 0.25) is 5.91 Å². The number of thioether (sulfide) groups is 1. The van der Waals surface area contributed by atoms with Crippen molar-refractivity contribution in [3.63, 3.8) is 0 Å². The smallest absolute Gasteiger partial charge is 0.234 e. The van der Waals surface area contributed by atoms with Crippen LogP contribution in [-0.4, -0.2) is 26.4 Å². The molecule has 0 radical (unpaired) electrons. The van der Waals surface area contributed by atoms with E-state index in [1.807, 2.05) is 47.9 Å². The summed E-state index contributed by atoms with van der Waals surface area (Å²) < 4.78 is 8.02. The number of rotatable bonds is 11. The highest BCUT2D eigenvalue weighted by Gasteiger charge is 2.20. The summed E-state index contributed by atoms with van der Waals surface area (Å²) in [7, 11) is 0. The Labute approximate surface area is 200 Å². The van der Waals surface area contributed by atoms with Crippen LogP contribution >= 0.6 is 11.8 Å². The van der Waals surface area contributed by atoms with E-state index in [1.165, 1.54) is 22.9 Å². The highest BCUT2D eigenvalue weighted by molar-refractivity contribution is 7.99. The van der Waals surface area contributed by atoms with E-state index in [4.69, 9.17) is 4.74 Å². The minimum absolute atomic E-state index is 0.0905. The first-order valence-electron chi connectivity index (χ1n) is 11.2. The molecule has 0 aliphatic carbocycles. The standard InChI is InChI=1S/C26H32N4O2S/c1-6-16-30-25(19(5)32-23-14-8-20(7-2)9-15-23)28-29-26(30)33-17-24(31)27-22-12-10-21(11-13-22)18(3)4/h6,8-15,18-19H,1,7,16-17H2,2-5H3,(H,27,31). The minimum atomic E-state index is -0.299. The summed E-state index contributed by atoms with van der Waals surface area (Å²) in [6.07, 6.45) is 2.48. The van der Waals surface area contributed by atoms with Gasteiger partial charge in [-0.15, -0.1) is 16.8 Å². The number of carbonyl (C=O) groups is 1. The summed E-state index contributed by atoms with van der Waals surface area (Å²) in [5.41, 5.74) is 3.29. The van der Waals surface area contributed by atoms with Gasteiger partial charge in [-0.1, -0.05) is 62.9 Å². The minimum Gasteiger partial charge on any atom is -0.483 e. The van der Waals surface area contributed by atoms with Crippen LogP contribution in [-0.2, 0) is 17.8 Å². The van der Waals surface area contributed by atoms with E-state index in [1.54, 1.807) is 6.08 Å². The number of nitrogens with one attached hydrogen (secondary N) is 1. The summed E-state index contributed by atoms with van der Waals surface area (Å²) in [4.78, 5) is 12.5. The predicted octanol–water partition coefficient (Wildman–Crippen LogP) is 6.02. The van der Waals surface area contributed by atoms with Gasteiger partial charge < -0.3 is 10.1 Å². The number of aryl methyl sites for hydroxylation is 1. The first kappa shape index (κ1) is 24.6. The summed E-state index contributed by atoms with van der Waals surface area (Å²) in [6.45, 7) is 12.7. The molecule has 1 amide bonds. The number of carbonyl (C=O) groups excluding carboxylic acids is 1. The highest BCUT2D eigenvalue weighted by Crippen LogP contribution is 2.25. The van der Waals surface area contributed by atoms with Crippen LogP contribution in [0.1, 0.15) is 56.7 Å². The summed E-state index contributed by atoms with van der Waals surface area (Å²) in [5.74, 6) is 2.08. The van der Waals surface area contributed by atoms with Gasteiger partial charge in [-0.05, 0) is 54.7 Å². The molecule has 1 N–H and O–H groups in total. The number of allylic oxidation sites excluding steroid dienone is 1. The quantitative estimate of drug-likeness (QED) is 0.278. The average molecular weight is 465 g/mol. The molecule has 1 unspecified atom stereocenters. The number of benzene rings is 2. The van der Waals surface area contributed by atoms with E-state index < -0.39 is 0 Å². The molecular formula is C26H32N4O2S. The molecule has 2 aromatic carbocycles. The molecule has 0 aliphatic heterocycles. The van der Waals surface area contributed by atoms with Crippen LogP contribution in [0.4, 0.5) is 5.69 Å². The van der Waals surface area contributed by atoms with Crippen LogP contribution in [0.3, 0.4) is 0 Å². The fourth-order valence-corrected chi connectivity index (χ4v) is 4.10. The van der Waals surface area contributed by atoms with Crippen molar-refractivity contribution in [3.8, 4) is 5.75 Å². The number of amides is 1. The Morgan fingerprint density at radius 3 is 2.42 bits per heavy atom. The Balaban J connectivity index is 1.63. The van der Waals surface area contributed by atoms with E-state index >= 15 is 0 Å². The molecule has 1 atom stereocenters. The van der Waals surface area contributed by atoms with E-state index in [-0.39, 0.29) is 17.8 Å². The first-order valence-corrected chi connectivity index (χ1v) is 12.2. The molecule has 1 heterocycles. The maximum atomic E-state index is 12.5. The Kier molecular flexibility index (Phi) is 8.72. The largest absolute Gasteiger partial charge is 0.483 e. The van der Waals surface area contributed by atoms with E-state index in [0.717, 1.165) is 17.9 Å². The zero-order valence-corrected chi connectivity index (χ0v) is 20.6. The monoisotopic (exact) mass is 464 g/mol. The second kappa shape index (κ2) is 11.7. The van der Waals surface area contributed by atoms with Gasteiger partial charge in [-0.2, -0.15) is 0 Å². The van der Waals surface area contributed by atoms with E-state index in [0.29, 0.717) is 23.4 Å². The highest BCUT2D eigenvalue weighted by atomic mass is 32.2. The van der Waals surface area contributed by atoms with Crippen molar-refractivity contribution >= 4 is 23.4 Å².